The second-order valence-electron chi connectivity index (χ2n) is 6.19. The average Bonchev–Trinajstić information content (AvgIpc) is 2.91. The number of rotatable bonds is 2. The lowest BCUT2D eigenvalue weighted by atomic mass is 10.1. The van der Waals surface area contributed by atoms with Gasteiger partial charge >= 0.3 is 6.18 Å². The summed E-state index contributed by atoms with van der Waals surface area (Å²) < 4.78 is 45.0. The van der Waals surface area contributed by atoms with Crippen LogP contribution in [0.5, 0.6) is 0 Å². The molecule has 2 atom stereocenters. The van der Waals surface area contributed by atoms with Gasteiger partial charge < -0.3 is 14.7 Å². The normalized spacial score (nSPS) is 23.7. The Labute approximate surface area is 149 Å². The number of likely N-dealkylation sites (N-methyl/N-ethyl adjacent to an activating group) is 1. The van der Waals surface area contributed by atoms with E-state index in [-0.39, 0.29) is 36.6 Å². The molecule has 6 nitrogen and oxygen atoms in total. The number of carbonyl (C=O) groups is 2. The van der Waals surface area contributed by atoms with Crippen LogP contribution < -0.4 is 0 Å². The highest BCUT2D eigenvalue weighted by atomic mass is 19.4. The van der Waals surface area contributed by atoms with Gasteiger partial charge in [0.2, 0.25) is 5.91 Å². The summed E-state index contributed by atoms with van der Waals surface area (Å²) in [6.07, 6.45) is -4.13. The van der Waals surface area contributed by atoms with E-state index in [4.69, 9.17) is 14.6 Å². The molecule has 1 aromatic rings. The van der Waals surface area contributed by atoms with Gasteiger partial charge in [-0.3, -0.25) is 14.5 Å². The second-order valence-corrected chi connectivity index (χ2v) is 6.19. The molecule has 2 aliphatic rings. The van der Waals surface area contributed by atoms with E-state index in [1.165, 1.54) is 12.1 Å². The lowest BCUT2D eigenvalue weighted by Gasteiger charge is -2.25. The van der Waals surface area contributed by atoms with Gasteiger partial charge in [0.25, 0.3) is 6.47 Å². The van der Waals surface area contributed by atoms with E-state index >= 15 is 0 Å². The van der Waals surface area contributed by atoms with Gasteiger partial charge in [0.15, 0.2) is 0 Å². The molecule has 144 valence electrons. The van der Waals surface area contributed by atoms with E-state index in [9.17, 15) is 18.0 Å². The smallest absolute Gasteiger partial charge is 0.416 e. The maximum absolute atomic E-state index is 13.1. The summed E-state index contributed by atoms with van der Waals surface area (Å²) >= 11 is 0. The number of carbonyl (C=O) groups excluding carboxylic acids is 1. The van der Waals surface area contributed by atoms with E-state index in [1.807, 2.05) is 4.90 Å². The third-order valence-corrected chi connectivity index (χ3v) is 4.57. The van der Waals surface area contributed by atoms with Crippen molar-refractivity contribution in [2.24, 2.45) is 0 Å². The number of halogens is 3. The first-order valence-electron chi connectivity index (χ1n) is 8.10. The summed E-state index contributed by atoms with van der Waals surface area (Å²) in [6.45, 7) is 1.39. The van der Waals surface area contributed by atoms with Crippen molar-refractivity contribution < 1.29 is 32.6 Å². The van der Waals surface area contributed by atoms with Gasteiger partial charge in [-0.2, -0.15) is 13.2 Å². The molecule has 0 bridgehead atoms. The van der Waals surface area contributed by atoms with Crippen LogP contribution in [-0.4, -0.2) is 66.2 Å². The molecule has 9 heteroatoms. The number of hydrogen-bond donors (Lipinski definition) is 1. The van der Waals surface area contributed by atoms with Crippen LogP contribution in [0.25, 0.3) is 0 Å². The zero-order valence-electron chi connectivity index (χ0n) is 14.3. The molecule has 26 heavy (non-hydrogen) atoms. The first kappa shape index (κ1) is 20.2. The first-order chi connectivity index (χ1) is 12.3. The van der Waals surface area contributed by atoms with Crippen LogP contribution in [0.4, 0.5) is 13.2 Å². The van der Waals surface area contributed by atoms with Crippen LogP contribution in [0.15, 0.2) is 24.3 Å². The standard InChI is InChI=1S/C16H19F3N2O2.CH2O2/c1-20-13-9-21(10-14(13)23-7-6-15(20)22)8-11-4-2-3-5-12(11)16(17,18)19;2-1-3/h2-5,13-14H,6-10H2,1H3;1H,(H,2,3)/t13-,14-;/m0./s1. The summed E-state index contributed by atoms with van der Waals surface area (Å²) in [6, 6.07) is 5.53. The number of alkyl halides is 3. The number of hydrogen-bond acceptors (Lipinski definition) is 4. The second kappa shape index (κ2) is 8.50. The fourth-order valence-corrected chi connectivity index (χ4v) is 3.33. The van der Waals surface area contributed by atoms with Gasteiger partial charge in [0.05, 0.1) is 30.7 Å². The summed E-state index contributed by atoms with van der Waals surface area (Å²) in [5, 5.41) is 6.89. The van der Waals surface area contributed by atoms with Crippen molar-refractivity contribution in [1.82, 2.24) is 9.80 Å². The molecule has 0 aromatic heterocycles. The highest BCUT2D eigenvalue weighted by molar-refractivity contribution is 5.76. The minimum Gasteiger partial charge on any atom is -0.483 e. The number of fused-ring (bicyclic) bond motifs is 1. The van der Waals surface area contributed by atoms with Gasteiger partial charge in [-0.05, 0) is 11.6 Å². The highest BCUT2D eigenvalue weighted by Gasteiger charge is 2.40. The Morgan fingerprint density at radius 2 is 1.96 bits per heavy atom. The molecule has 0 aliphatic carbocycles. The fraction of sp³-hybridized carbons (Fsp3) is 0.529. The maximum atomic E-state index is 13.1. The number of amides is 1. The molecule has 1 N–H and O–H groups in total. The summed E-state index contributed by atoms with van der Waals surface area (Å²) in [5.41, 5.74) is -0.345. The zero-order chi connectivity index (χ0) is 19.3. The Hall–Kier alpha value is -2.13. The van der Waals surface area contributed by atoms with E-state index < -0.39 is 11.7 Å². The molecule has 2 saturated heterocycles. The van der Waals surface area contributed by atoms with Crippen molar-refractivity contribution in [2.45, 2.75) is 31.3 Å². The molecule has 0 unspecified atom stereocenters. The largest absolute Gasteiger partial charge is 0.483 e. The van der Waals surface area contributed by atoms with Gasteiger partial charge in [0.1, 0.15) is 0 Å². The topological polar surface area (TPSA) is 70.1 Å². The van der Waals surface area contributed by atoms with Crippen LogP contribution >= 0.6 is 0 Å². The Bertz CT molecular complexity index is 639. The number of likely N-dealkylation sites (tertiary alicyclic amines) is 1. The Morgan fingerprint density at radius 3 is 2.62 bits per heavy atom. The highest BCUT2D eigenvalue weighted by Crippen LogP contribution is 2.33. The minimum atomic E-state index is -4.36. The van der Waals surface area contributed by atoms with Crippen molar-refractivity contribution in [3.63, 3.8) is 0 Å². The van der Waals surface area contributed by atoms with Crippen molar-refractivity contribution in [1.29, 1.82) is 0 Å². The minimum absolute atomic E-state index is 0.0232. The zero-order valence-corrected chi connectivity index (χ0v) is 14.3. The van der Waals surface area contributed by atoms with E-state index in [0.29, 0.717) is 26.1 Å². The molecule has 2 aliphatic heterocycles. The fourth-order valence-electron chi connectivity index (χ4n) is 3.33. The summed E-state index contributed by atoms with van der Waals surface area (Å²) in [5.74, 6) is 0.0232. The molecule has 0 spiro atoms. The van der Waals surface area contributed by atoms with Crippen molar-refractivity contribution in [3.05, 3.63) is 35.4 Å². The van der Waals surface area contributed by atoms with Crippen LogP contribution in [0.1, 0.15) is 17.5 Å². The third kappa shape index (κ3) is 4.73. The molecule has 2 fully saturated rings. The van der Waals surface area contributed by atoms with Crippen LogP contribution in [0.2, 0.25) is 0 Å². The molecule has 0 saturated carbocycles. The molecule has 1 aromatic carbocycles. The molecule has 3 rings (SSSR count). The number of carboxylic acid groups (broad SMARTS) is 1. The van der Waals surface area contributed by atoms with Crippen molar-refractivity contribution in [2.75, 3.05) is 26.7 Å². The maximum Gasteiger partial charge on any atom is 0.416 e. The summed E-state index contributed by atoms with van der Waals surface area (Å²) in [4.78, 5) is 23.8. The Balaban J connectivity index is 0.000000758. The SMILES string of the molecule is CN1C(=O)CCO[C@H]2CN(Cc3ccccc3C(F)(F)F)C[C@@H]21.O=CO. The molecular formula is C17H21F3N2O4. The third-order valence-electron chi connectivity index (χ3n) is 4.57. The van der Waals surface area contributed by atoms with E-state index in [0.717, 1.165) is 6.07 Å². The average molecular weight is 374 g/mol. The lowest BCUT2D eigenvalue weighted by molar-refractivity contribution is -0.138. The predicted molar refractivity (Wildman–Crippen MR) is 86.3 cm³/mol. The van der Waals surface area contributed by atoms with Crippen LogP contribution in [-0.2, 0) is 27.0 Å². The van der Waals surface area contributed by atoms with Gasteiger partial charge in [0, 0.05) is 26.7 Å². The van der Waals surface area contributed by atoms with E-state index in [1.54, 1.807) is 18.0 Å². The predicted octanol–water partition coefficient (Wildman–Crippen LogP) is 1.84. The van der Waals surface area contributed by atoms with Gasteiger partial charge in [-0.1, -0.05) is 18.2 Å². The number of nitrogens with zero attached hydrogens (tertiary/aromatic N) is 2. The molecule has 1 amide bonds. The summed E-state index contributed by atoms with van der Waals surface area (Å²) in [7, 11) is 1.74. The molecule has 0 radical (unpaired) electrons. The van der Waals surface area contributed by atoms with Crippen LogP contribution in [0.3, 0.4) is 0 Å². The number of benzene rings is 1. The van der Waals surface area contributed by atoms with Crippen LogP contribution in [0, 0.1) is 0 Å². The van der Waals surface area contributed by atoms with Gasteiger partial charge in [-0.25, -0.2) is 0 Å². The first-order valence-corrected chi connectivity index (χ1v) is 8.10. The van der Waals surface area contributed by atoms with Crippen molar-refractivity contribution in [3.8, 4) is 0 Å². The van der Waals surface area contributed by atoms with E-state index in [2.05, 4.69) is 0 Å². The lowest BCUT2D eigenvalue weighted by Crippen LogP contribution is -2.42. The molecular weight excluding hydrogens is 353 g/mol. The monoisotopic (exact) mass is 374 g/mol. The van der Waals surface area contributed by atoms with Crippen molar-refractivity contribution >= 4 is 12.4 Å². The Kier molecular flexibility index (Phi) is 6.60. The Morgan fingerprint density at radius 1 is 1.31 bits per heavy atom. The number of ether oxygens (including phenoxy) is 1. The molecule has 2 heterocycles. The van der Waals surface area contributed by atoms with Gasteiger partial charge in [-0.15, -0.1) is 0 Å². The quantitative estimate of drug-likeness (QED) is 0.800.